The highest BCUT2D eigenvalue weighted by molar-refractivity contribution is 8.14. The summed E-state index contributed by atoms with van der Waals surface area (Å²) in [5.41, 5.74) is 2.44. The first-order valence-electron chi connectivity index (χ1n) is 8.63. The van der Waals surface area contributed by atoms with E-state index in [1.165, 1.54) is 4.90 Å². The van der Waals surface area contributed by atoms with Crippen LogP contribution in [-0.4, -0.2) is 37.4 Å². The highest BCUT2D eigenvalue weighted by atomic mass is 32.2. The summed E-state index contributed by atoms with van der Waals surface area (Å²) in [6.45, 7) is 2.96. The van der Waals surface area contributed by atoms with Gasteiger partial charge in [-0.2, -0.15) is 0 Å². The summed E-state index contributed by atoms with van der Waals surface area (Å²) in [7, 11) is 0. The van der Waals surface area contributed by atoms with Crippen LogP contribution in [0.15, 0.2) is 46.3 Å². The van der Waals surface area contributed by atoms with Crippen LogP contribution in [-0.2, 0) is 0 Å². The van der Waals surface area contributed by atoms with Gasteiger partial charge in [0.2, 0.25) is 0 Å². The molecule has 2 aromatic rings. The van der Waals surface area contributed by atoms with Crippen LogP contribution in [0.25, 0.3) is 0 Å². The van der Waals surface area contributed by atoms with Gasteiger partial charge in [-0.25, -0.2) is 0 Å². The molecule has 5 rings (SSSR count). The number of aliphatic imine (C=N–C) groups is 1. The van der Waals surface area contributed by atoms with Crippen molar-refractivity contribution in [3.05, 3.63) is 42.0 Å². The Morgan fingerprint density at radius 2 is 2.00 bits per heavy atom. The molecule has 0 saturated carbocycles. The number of rotatable bonds is 2. The van der Waals surface area contributed by atoms with E-state index in [0.29, 0.717) is 30.3 Å². The lowest BCUT2D eigenvalue weighted by Gasteiger charge is -2.14. The first-order valence-corrected chi connectivity index (χ1v) is 9.44. The van der Waals surface area contributed by atoms with Crippen molar-refractivity contribution < 1.29 is 14.3 Å². The molecule has 2 aromatic carbocycles. The molecule has 0 radical (unpaired) electrons. The minimum atomic E-state index is -0.165. The van der Waals surface area contributed by atoms with Crippen molar-refractivity contribution in [3.8, 4) is 11.5 Å². The fourth-order valence-electron chi connectivity index (χ4n) is 3.24. The topological polar surface area (TPSA) is 63.2 Å². The zero-order chi connectivity index (χ0) is 17.5. The molecule has 0 aromatic heterocycles. The maximum atomic E-state index is 12.7. The number of carbonyl (C=O) groups is 1. The molecule has 1 amide bonds. The summed E-state index contributed by atoms with van der Waals surface area (Å²) < 4.78 is 11.3. The number of hydrogen-bond acceptors (Lipinski definition) is 6. The van der Waals surface area contributed by atoms with E-state index in [9.17, 15) is 4.79 Å². The van der Waals surface area contributed by atoms with E-state index in [0.717, 1.165) is 36.1 Å². The molecule has 3 heterocycles. The van der Waals surface area contributed by atoms with Gasteiger partial charge in [-0.3, -0.25) is 9.79 Å². The fourth-order valence-corrected chi connectivity index (χ4v) is 4.30. The molecule has 1 N–H and O–H groups in total. The summed E-state index contributed by atoms with van der Waals surface area (Å²) >= 11 is 1.68. The van der Waals surface area contributed by atoms with Gasteiger partial charge in [0.15, 0.2) is 16.7 Å². The number of thioether (sulfide) groups is 1. The maximum Gasteiger partial charge on any atom is 0.255 e. The molecular formula is C19H17N3O3S. The predicted molar refractivity (Wildman–Crippen MR) is 102 cm³/mol. The number of carbonyl (C=O) groups excluding carboxylic acids is 1. The number of fused-ring (bicyclic) bond motifs is 4. The van der Waals surface area contributed by atoms with E-state index in [1.54, 1.807) is 30.0 Å². The van der Waals surface area contributed by atoms with Gasteiger partial charge in [0.1, 0.15) is 0 Å². The van der Waals surface area contributed by atoms with Gasteiger partial charge in [-0.05, 0) is 48.2 Å². The second-order valence-corrected chi connectivity index (χ2v) is 7.28. The minimum Gasteiger partial charge on any atom is -0.490 e. The van der Waals surface area contributed by atoms with Gasteiger partial charge in [0.25, 0.3) is 5.91 Å². The Bertz CT molecular complexity index is 928. The number of anilines is 2. The summed E-state index contributed by atoms with van der Waals surface area (Å²) in [6, 6.07) is 11.3. The van der Waals surface area contributed by atoms with Gasteiger partial charge < -0.3 is 19.7 Å². The molecule has 0 unspecified atom stereocenters. The number of amides is 1. The zero-order valence-corrected chi connectivity index (χ0v) is 14.8. The molecule has 0 aliphatic carbocycles. The van der Waals surface area contributed by atoms with Gasteiger partial charge in [-0.15, -0.1) is 0 Å². The van der Waals surface area contributed by atoms with Crippen molar-refractivity contribution >= 4 is 34.2 Å². The minimum absolute atomic E-state index is 0.165. The molecule has 0 atom stereocenters. The molecule has 3 aliphatic heterocycles. The Balaban J connectivity index is 1.37. The standard InChI is InChI=1S/C19H17N3O3S/c23-18(12-2-4-15-16(10-12)25-9-1-8-24-15)21-13-3-5-17-14(11-13)22-7-6-20-19(22)26-17/h2-5,10-11H,1,6-9H2,(H,21,23). The Morgan fingerprint density at radius 1 is 1.12 bits per heavy atom. The number of nitrogens with one attached hydrogen (secondary N) is 1. The highest BCUT2D eigenvalue weighted by Gasteiger charge is 2.29. The van der Waals surface area contributed by atoms with E-state index in [1.807, 2.05) is 18.2 Å². The van der Waals surface area contributed by atoms with Gasteiger partial charge in [0.05, 0.1) is 25.4 Å². The number of nitrogens with zero attached hydrogens (tertiary/aromatic N) is 2. The molecule has 26 heavy (non-hydrogen) atoms. The van der Waals surface area contributed by atoms with E-state index >= 15 is 0 Å². The van der Waals surface area contributed by atoms with Crippen LogP contribution >= 0.6 is 11.8 Å². The molecule has 7 heteroatoms. The Kier molecular flexibility index (Phi) is 3.74. The normalized spacial score (nSPS) is 17.2. The molecule has 3 aliphatic rings. The van der Waals surface area contributed by atoms with Gasteiger partial charge in [-0.1, -0.05) is 0 Å². The van der Waals surface area contributed by atoms with Gasteiger partial charge >= 0.3 is 0 Å². The summed E-state index contributed by atoms with van der Waals surface area (Å²) in [5.74, 6) is 1.15. The zero-order valence-electron chi connectivity index (χ0n) is 14.0. The molecule has 0 fully saturated rings. The molecule has 132 valence electrons. The predicted octanol–water partition coefficient (Wildman–Crippen LogP) is 3.38. The average molecular weight is 367 g/mol. The van der Waals surface area contributed by atoms with E-state index in [-0.39, 0.29) is 5.91 Å². The molecule has 0 spiro atoms. The third-order valence-electron chi connectivity index (χ3n) is 4.52. The Hall–Kier alpha value is -2.67. The van der Waals surface area contributed by atoms with Crippen LogP contribution in [0.4, 0.5) is 11.4 Å². The lowest BCUT2D eigenvalue weighted by atomic mass is 10.1. The molecule has 0 bridgehead atoms. The monoisotopic (exact) mass is 367 g/mol. The van der Waals surface area contributed by atoms with Crippen LogP contribution in [0.3, 0.4) is 0 Å². The van der Waals surface area contributed by atoms with Crippen molar-refractivity contribution in [2.75, 3.05) is 36.5 Å². The van der Waals surface area contributed by atoms with Crippen molar-refractivity contribution in [2.45, 2.75) is 11.3 Å². The van der Waals surface area contributed by atoms with Crippen LogP contribution < -0.4 is 19.7 Å². The number of ether oxygens (including phenoxy) is 2. The first kappa shape index (κ1) is 15.6. The molecule has 6 nitrogen and oxygen atoms in total. The van der Waals surface area contributed by atoms with Gasteiger partial charge in [0, 0.05) is 29.1 Å². The lowest BCUT2D eigenvalue weighted by Crippen LogP contribution is -2.21. The van der Waals surface area contributed by atoms with E-state index < -0.39 is 0 Å². The second-order valence-electron chi connectivity index (χ2n) is 6.27. The first-order chi connectivity index (χ1) is 12.8. The summed E-state index contributed by atoms with van der Waals surface area (Å²) in [5, 5.41) is 4.03. The smallest absolute Gasteiger partial charge is 0.255 e. The Labute approximate surface area is 155 Å². The lowest BCUT2D eigenvalue weighted by molar-refractivity contribution is 0.102. The Morgan fingerprint density at radius 3 is 2.92 bits per heavy atom. The van der Waals surface area contributed by atoms with Crippen LogP contribution in [0, 0.1) is 0 Å². The summed E-state index contributed by atoms with van der Waals surface area (Å²) in [4.78, 5) is 20.5. The quantitative estimate of drug-likeness (QED) is 0.882. The van der Waals surface area contributed by atoms with Crippen molar-refractivity contribution in [1.29, 1.82) is 0 Å². The molecule has 0 saturated heterocycles. The largest absolute Gasteiger partial charge is 0.490 e. The number of amidine groups is 1. The fraction of sp³-hybridized carbons (Fsp3) is 0.263. The maximum absolute atomic E-state index is 12.7. The highest BCUT2D eigenvalue weighted by Crippen LogP contribution is 2.43. The average Bonchev–Trinajstić information content (AvgIpc) is 3.15. The van der Waals surface area contributed by atoms with Crippen molar-refractivity contribution in [3.63, 3.8) is 0 Å². The SMILES string of the molecule is O=C(Nc1ccc2c(c1)N1CCN=C1S2)c1ccc2c(c1)OCCCO2. The van der Waals surface area contributed by atoms with E-state index in [2.05, 4.69) is 15.2 Å². The summed E-state index contributed by atoms with van der Waals surface area (Å²) in [6.07, 6.45) is 0.838. The van der Waals surface area contributed by atoms with Crippen molar-refractivity contribution in [2.24, 2.45) is 4.99 Å². The third kappa shape index (κ3) is 2.68. The third-order valence-corrected chi connectivity index (χ3v) is 5.62. The van der Waals surface area contributed by atoms with E-state index in [4.69, 9.17) is 9.47 Å². The van der Waals surface area contributed by atoms with Crippen LogP contribution in [0.5, 0.6) is 11.5 Å². The van der Waals surface area contributed by atoms with Crippen LogP contribution in [0.1, 0.15) is 16.8 Å². The second kappa shape index (κ2) is 6.25. The number of benzene rings is 2. The van der Waals surface area contributed by atoms with Crippen LogP contribution in [0.2, 0.25) is 0 Å². The molecular weight excluding hydrogens is 350 g/mol. The van der Waals surface area contributed by atoms with Crippen molar-refractivity contribution in [1.82, 2.24) is 0 Å². The number of hydrogen-bond donors (Lipinski definition) is 1.